The van der Waals surface area contributed by atoms with E-state index in [0.29, 0.717) is 18.4 Å². The van der Waals surface area contributed by atoms with Gasteiger partial charge in [0.2, 0.25) is 0 Å². The van der Waals surface area contributed by atoms with Gasteiger partial charge in [-0.3, -0.25) is 0 Å². The van der Waals surface area contributed by atoms with Crippen molar-refractivity contribution in [3.05, 3.63) is 77.0 Å². The highest BCUT2D eigenvalue weighted by Crippen LogP contribution is 2.42. The summed E-state index contributed by atoms with van der Waals surface area (Å²) in [5.74, 6) is -2.89. The molecule has 6 rings (SSSR count). The molecule has 1 saturated heterocycles. The zero-order chi connectivity index (χ0) is 29.3. The number of hydrogen-bond donors (Lipinski definition) is 2. The van der Waals surface area contributed by atoms with Crippen LogP contribution in [0.25, 0.3) is 10.9 Å². The van der Waals surface area contributed by atoms with E-state index in [-0.39, 0.29) is 35.4 Å². The lowest BCUT2D eigenvalue weighted by Crippen LogP contribution is -2.42. The van der Waals surface area contributed by atoms with Crippen molar-refractivity contribution in [2.45, 2.75) is 88.7 Å². The Morgan fingerprint density at radius 2 is 1.83 bits per heavy atom. The molecule has 1 unspecified atom stereocenters. The lowest BCUT2D eigenvalue weighted by Gasteiger charge is -2.32. The number of alkyl halides is 2. The summed E-state index contributed by atoms with van der Waals surface area (Å²) in [6.45, 7) is 3.09. The van der Waals surface area contributed by atoms with E-state index >= 15 is 8.78 Å². The van der Waals surface area contributed by atoms with Gasteiger partial charge in [-0.05, 0) is 93.2 Å². The van der Waals surface area contributed by atoms with Crippen molar-refractivity contribution in [3.8, 4) is 0 Å². The third-order valence-electron chi connectivity index (χ3n) is 8.69. The van der Waals surface area contributed by atoms with Crippen LogP contribution in [0.3, 0.4) is 0 Å². The molecule has 6 nitrogen and oxygen atoms in total. The van der Waals surface area contributed by atoms with Crippen LogP contribution in [0.15, 0.2) is 54.7 Å². The molecule has 3 aliphatic heterocycles. The molecule has 2 atom stereocenters. The Balaban J connectivity index is 1.56. The number of sulfone groups is 1. The highest BCUT2D eigenvalue weighted by atomic mass is 32.2. The number of aromatic nitrogens is 2. The highest BCUT2D eigenvalue weighted by Gasteiger charge is 2.49. The van der Waals surface area contributed by atoms with Gasteiger partial charge in [-0.25, -0.2) is 8.42 Å². The van der Waals surface area contributed by atoms with Crippen LogP contribution < -0.4 is 5.32 Å². The molecular weight excluding hydrogens is 544 g/mol. The first kappa shape index (κ1) is 29.6. The molecule has 3 aromatic rings. The molecule has 6 bridgehead atoms. The third kappa shape index (κ3) is 6.46. The largest absolute Gasteiger partial charge is 0.383 e. The second-order valence-corrected chi connectivity index (χ2v) is 14.2. The van der Waals surface area contributed by atoms with Gasteiger partial charge in [-0.15, -0.1) is 0 Å². The van der Waals surface area contributed by atoms with Crippen LogP contribution in [0.5, 0.6) is 0 Å². The number of hydrogen-bond acceptors (Lipinski definition) is 6. The molecule has 0 aliphatic carbocycles. The average Bonchev–Trinajstić information content (AvgIpc) is 2.94. The first-order valence-corrected chi connectivity index (χ1v) is 16.4. The third-order valence-corrected chi connectivity index (χ3v) is 10.4. The molecule has 1 fully saturated rings. The summed E-state index contributed by atoms with van der Waals surface area (Å²) in [6.07, 6.45) is 10.7. The number of anilines is 1. The number of aryl methyl sites for hydroxylation is 1. The summed E-state index contributed by atoms with van der Waals surface area (Å²) in [7, 11) is -2.99. The van der Waals surface area contributed by atoms with Crippen molar-refractivity contribution >= 4 is 26.4 Å². The van der Waals surface area contributed by atoms with Crippen LogP contribution in [0, 0.1) is 0 Å². The molecule has 0 saturated carbocycles. The maximum absolute atomic E-state index is 15.6. The zero-order valence-electron chi connectivity index (χ0n) is 23.7. The van der Waals surface area contributed by atoms with Crippen molar-refractivity contribution in [2.24, 2.45) is 0 Å². The summed E-state index contributed by atoms with van der Waals surface area (Å²) in [5, 5.41) is 23.8. The lowest BCUT2D eigenvalue weighted by atomic mass is 9.86. The zero-order valence-corrected chi connectivity index (χ0v) is 24.6. The van der Waals surface area contributed by atoms with Gasteiger partial charge in [0, 0.05) is 23.4 Å². The fraction of sp³-hybridized carbons (Fsp3) is 0.500. The number of nitrogens with zero attached hydrogens (tertiary/aromatic N) is 2. The number of halogens is 2. The average molecular weight is 584 g/mol. The van der Waals surface area contributed by atoms with Crippen molar-refractivity contribution in [2.75, 3.05) is 16.8 Å². The van der Waals surface area contributed by atoms with E-state index in [0.717, 1.165) is 48.7 Å². The Kier molecular flexibility index (Phi) is 8.48. The van der Waals surface area contributed by atoms with Crippen molar-refractivity contribution < 1.29 is 22.3 Å². The van der Waals surface area contributed by atoms with E-state index in [1.54, 1.807) is 24.4 Å². The smallest absolute Gasteiger partial charge is 0.301 e. The Bertz CT molecular complexity index is 1520. The SMILES string of the molecule is C[C@H]1Nc2cnnc3cc(c(C4CCS(=O)(=O)CC4)cc23)CCCCC/C=C\CC(C)(O)C(F)(F)c2cccc1c2. The van der Waals surface area contributed by atoms with Crippen LogP contribution >= 0.6 is 0 Å². The Morgan fingerprint density at radius 3 is 2.61 bits per heavy atom. The Hall–Kier alpha value is -2.91. The first-order valence-electron chi connectivity index (χ1n) is 14.6. The van der Waals surface area contributed by atoms with Crippen molar-refractivity contribution in [1.82, 2.24) is 10.2 Å². The van der Waals surface area contributed by atoms with Crippen LogP contribution in [0.1, 0.15) is 93.0 Å². The molecule has 0 amide bonds. The summed E-state index contributed by atoms with van der Waals surface area (Å²) < 4.78 is 55.4. The number of benzene rings is 2. The molecule has 41 heavy (non-hydrogen) atoms. The van der Waals surface area contributed by atoms with Crippen LogP contribution in [-0.2, 0) is 22.2 Å². The summed E-state index contributed by atoms with van der Waals surface area (Å²) >= 11 is 0. The van der Waals surface area contributed by atoms with E-state index < -0.39 is 21.4 Å². The molecule has 4 heterocycles. The number of rotatable bonds is 1. The van der Waals surface area contributed by atoms with Crippen LogP contribution in [0.4, 0.5) is 14.5 Å². The first-order chi connectivity index (χ1) is 19.5. The molecule has 3 aliphatic rings. The monoisotopic (exact) mass is 583 g/mol. The number of nitrogens with one attached hydrogen (secondary N) is 1. The molecule has 9 heteroatoms. The highest BCUT2D eigenvalue weighted by molar-refractivity contribution is 7.91. The summed E-state index contributed by atoms with van der Waals surface area (Å²) in [5.41, 5.74) is 2.05. The quantitative estimate of drug-likeness (QED) is 0.300. The molecule has 220 valence electrons. The number of allylic oxidation sites excluding steroid dienone is 1. The predicted molar refractivity (Wildman–Crippen MR) is 159 cm³/mol. The molecule has 0 radical (unpaired) electrons. The number of fused-ring (bicyclic) bond motifs is 10. The summed E-state index contributed by atoms with van der Waals surface area (Å²) in [4.78, 5) is 0. The predicted octanol–water partition coefficient (Wildman–Crippen LogP) is 7.00. The van der Waals surface area contributed by atoms with E-state index in [9.17, 15) is 13.5 Å². The Morgan fingerprint density at radius 1 is 1.05 bits per heavy atom. The molecule has 2 aromatic carbocycles. The molecule has 1 aromatic heterocycles. The van der Waals surface area contributed by atoms with Gasteiger partial charge in [-0.1, -0.05) is 36.8 Å². The minimum absolute atomic E-state index is 0.148. The van der Waals surface area contributed by atoms with Gasteiger partial charge < -0.3 is 10.4 Å². The van der Waals surface area contributed by atoms with Gasteiger partial charge in [0.25, 0.3) is 0 Å². The van der Waals surface area contributed by atoms with Crippen molar-refractivity contribution in [3.63, 3.8) is 0 Å². The van der Waals surface area contributed by atoms with E-state index in [1.807, 2.05) is 13.0 Å². The van der Waals surface area contributed by atoms with E-state index in [2.05, 4.69) is 27.6 Å². The lowest BCUT2D eigenvalue weighted by molar-refractivity contribution is -0.176. The molecule has 0 spiro atoms. The second kappa shape index (κ2) is 11.8. The van der Waals surface area contributed by atoms with Crippen LogP contribution in [-0.4, -0.2) is 40.8 Å². The van der Waals surface area contributed by atoms with Gasteiger partial charge in [0.15, 0.2) is 0 Å². The number of aliphatic hydroxyl groups is 1. The fourth-order valence-corrected chi connectivity index (χ4v) is 7.51. The van der Waals surface area contributed by atoms with Crippen LogP contribution in [0.2, 0.25) is 0 Å². The standard InChI is InChI=1S/C32H39F2N3O3S/c1-22-24-11-9-12-26(18-24)32(33,34)31(2,38)15-8-6-4-3-5-7-10-25-19-29-28(30(36-22)21-35-37-29)20-27(25)23-13-16-41(39,40)17-14-23/h6,8-9,11-12,18-23,36,38H,3-5,7,10,13-17H2,1-2H3/b8-6-/t22-,31?/m1/s1. The topological polar surface area (TPSA) is 92.2 Å². The van der Waals surface area contributed by atoms with Gasteiger partial charge in [0.1, 0.15) is 15.4 Å². The normalized spacial score (nSPS) is 26.4. The van der Waals surface area contributed by atoms with Crippen molar-refractivity contribution in [1.29, 1.82) is 0 Å². The maximum atomic E-state index is 15.6. The minimum atomic E-state index is -3.45. The fourth-order valence-electron chi connectivity index (χ4n) is 6.02. The minimum Gasteiger partial charge on any atom is -0.383 e. The summed E-state index contributed by atoms with van der Waals surface area (Å²) in [6, 6.07) is 10.1. The van der Waals surface area contributed by atoms with Gasteiger partial charge in [-0.2, -0.15) is 19.0 Å². The van der Waals surface area contributed by atoms with E-state index in [1.165, 1.54) is 30.2 Å². The van der Waals surface area contributed by atoms with Gasteiger partial charge >= 0.3 is 5.92 Å². The Labute approximate surface area is 241 Å². The van der Waals surface area contributed by atoms with E-state index in [4.69, 9.17) is 0 Å². The van der Waals surface area contributed by atoms with Gasteiger partial charge in [0.05, 0.1) is 28.9 Å². The maximum Gasteiger partial charge on any atom is 0.301 e. The molecule has 2 N–H and O–H groups in total. The molecular formula is C32H39F2N3O3S. The second-order valence-electron chi connectivity index (χ2n) is 11.9.